The van der Waals surface area contributed by atoms with E-state index in [4.69, 9.17) is 11.6 Å². The summed E-state index contributed by atoms with van der Waals surface area (Å²) >= 11 is 5.84. The molecule has 110 valence electrons. The number of amides is 1. The summed E-state index contributed by atoms with van der Waals surface area (Å²) in [6.07, 6.45) is 0.531. The fourth-order valence-electron chi connectivity index (χ4n) is 1.93. The molecule has 0 saturated heterocycles. The van der Waals surface area contributed by atoms with Crippen LogP contribution in [0.4, 0.5) is 14.5 Å². The maximum absolute atomic E-state index is 13.1. The van der Waals surface area contributed by atoms with Crippen molar-refractivity contribution < 1.29 is 13.6 Å². The maximum Gasteiger partial charge on any atom is 0.224 e. The van der Waals surface area contributed by atoms with Gasteiger partial charge in [0.2, 0.25) is 5.91 Å². The number of benzene rings is 2. The topological polar surface area (TPSA) is 29.1 Å². The monoisotopic (exact) mass is 309 g/mol. The first-order valence-electron chi connectivity index (χ1n) is 6.45. The highest BCUT2D eigenvalue weighted by Crippen LogP contribution is 2.20. The minimum atomic E-state index is -0.901. The summed E-state index contributed by atoms with van der Waals surface area (Å²) in [5, 5.41) is 3.37. The zero-order valence-corrected chi connectivity index (χ0v) is 12.2. The van der Waals surface area contributed by atoms with Gasteiger partial charge in [-0.05, 0) is 54.8 Å². The van der Waals surface area contributed by atoms with Gasteiger partial charge in [-0.25, -0.2) is 8.78 Å². The lowest BCUT2D eigenvalue weighted by molar-refractivity contribution is -0.116. The summed E-state index contributed by atoms with van der Waals surface area (Å²) < 4.78 is 25.9. The van der Waals surface area contributed by atoms with Gasteiger partial charge in [-0.1, -0.05) is 17.7 Å². The van der Waals surface area contributed by atoms with E-state index in [-0.39, 0.29) is 12.3 Å². The Hall–Kier alpha value is -1.94. The molecule has 2 aromatic carbocycles. The molecule has 0 aromatic heterocycles. The molecule has 21 heavy (non-hydrogen) atoms. The van der Waals surface area contributed by atoms with Gasteiger partial charge >= 0.3 is 0 Å². The zero-order chi connectivity index (χ0) is 15.4. The molecule has 2 nitrogen and oxygen atoms in total. The minimum absolute atomic E-state index is 0.188. The molecule has 5 heteroatoms. The van der Waals surface area contributed by atoms with Gasteiger partial charge in [0.15, 0.2) is 11.6 Å². The fraction of sp³-hybridized carbons (Fsp3) is 0.188. The highest BCUT2D eigenvalue weighted by Gasteiger charge is 2.07. The van der Waals surface area contributed by atoms with Crippen LogP contribution in [0, 0.1) is 18.6 Å². The van der Waals surface area contributed by atoms with Crippen molar-refractivity contribution in [3.8, 4) is 0 Å². The van der Waals surface area contributed by atoms with Crippen molar-refractivity contribution in [2.24, 2.45) is 0 Å². The summed E-state index contributed by atoms with van der Waals surface area (Å²) in [5.41, 5.74) is 2.13. The van der Waals surface area contributed by atoms with E-state index in [9.17, 15) is 13.6 Å². The standard InChI is InChI=1S/C16H14ClF2NO/c1-10-8-12(17)4-6-15(10)20-16(21)7-3-11-2-5-13(18)14(19)9-11/h2,4-6,8-9H,3,7H2,1H3,(H,20,21). The highest BCUT2D eigenvalue weighted by molar-refractivity contribution is 6.30. The Morgan fingerprint density at radius 3 is 2.57 bits per heavy atom. The number of carbonyl (C=O) groups is 1. The Balaban J connectivity index is 1.94. The predicted molar refractivity (Wildman–Crippen MR) is 79.5 cm³/mol. The number of hydrogen-bond donors (Lipinski definition) is 1. The third kappa shape index (κ3) is 4.26. The molecule has 0 atom stereocenters. The lowest BCUT2D eigenvalue weighted by atomic mass is 10.1. The summed E-state index contributed by atoms with van der Waals surface area (Å²) in [5.74, 6) is -1.98. The molecular formula is C16H14ClF2NO. The fourth-order valence-corrected chi connectivity index (χ4v) is 2.16. The van der Waals surface area contributed by atoms with E-state index in [1.54, 1.807) is 18.2 Å². The minimum Gasteiger partial charge on any atom is -0.326 e. The van der Waals surface area contributed by atoms with Gasteiger partial charge in [0.1, 0.15) is 0 Å². The van der Waals surface area contributed by atoms with Crippen LogP contribution in [0.5, 0.6) is 0 Å². The van der Waals surface area contributed by atoms with Gasteiger partial charge in [-0.15, -0.1) is 0 Å². The summed E-state index contributed by atoms with van der Waals surface area (Å²) in [6, 6.07) is 8.82. The summed E-state index contributed by atoms with van der Waals surface area (Å²) in [6.45, 7) is 1.84. The second-order valence-corrected chi connectivity index (χ2v) is 5.19. The van der Waals surface area contributed by atoms with Crippen molar-refractivity contribution in [2.45, 2.75) is 19.8 Å². The van der Waals surface area contributed by atoms with E-state index in [1.165, 1.54) is 6.07 Å². The van der Waals surface area contributed by atoms with Crippen LogP contribution >= 0.6 is 11.6 Å². The predicted octanol–water partition coefficient (Wildman–Crippen LogP) is 4.50. The number of hydrogen-bond acceptors (Lipinski definition) is 1. The number of nitrogens with one attached hydrogen (secondary N) is 1. The van der Waals surface area contributed by atoms with Crippen LogP contribution in [0.25, 0.3) is 0 Å². The maximum atomic E-state index is 13.1. The number of anilines is 1. The molecule has 1 N–H and O–H groups in total. The molecule has 0 radical (unpaired) electrons. The van der Waals surface area contributed by atoms with Crippen LogP contribution in [0.3, 0.4) is 0 Å². The van der Waals surface area contributed by atoms with Crippen LogP contribution < -0.4 is 5.32 Å². The van der Waals surface area contributed by atoms with E-state index in [0.717, 1.165) is 17.7 Å². The van der Waals surface area contributed by atoms with Crippen LogP contribution in [-0.2, 0) is 11.2 Å². The Labute approximate surface area is 126 Å². The molecule has 0 aliphatic carbocycles. The Morgan fingerprint density at radius 2 is 1.90 bits per heavy atom. The average Bonchev–Trinajstić information content (AvgIpc) is 2.43. The molecule has 0 aliphatic heterocycles. The Morgan fingerprint density at radius 1 is 1.14 bits per heavy atom. The van der Waals surface area contributed by atoms with Crippen LogP contribution in [0.15, 0.2) is 36.4 Å². The van der Waals surface area contributed by atoms with Crippen LogP contribution in [0.2, 0.25) is 5.02 Å². The molecule has 0 saturated carbocycles. The van der Waals surface area contributed by atoms with E-state index in [1.807, 2.05) is 6.92 Å². The van der Waals surface area contributed by atoms with Gasteiger partial charge in [-0.3, -0.25) is 4.79 Å². The van der Waals surface area contributed by atoms with Crippen molar-refractivity contribution >= 4 is 23.2 Å². The largest absolute Gasteiger partial charge is 0.326 e. The van der Waals surface area contributed by atoms with Gasteiger partial charge in [0.05, 0.1) is 0 Å². The average molecular weight is 310 g/mol. The van der Waals surface area contributed by atoms with Crippen LogP contribution in [-0.4, -0.2) is 5.91 Å². The second-order valence-electron chi connectivity index (χ2n) is 4.76. The smallest absolute Gasteiger partial charge is 0.224 e. The van der Waals surface area contributed by atoms with E-state index in [2.05, 4.69) is 5.32 Å². The normalized spacial score (nSPS) is 10.5. The molecule has 2 rings (SSSR count). The summed E-state index contributed by atoms with van der Waals surface area (Å²) in [4.78, 5) is 11.9. The van der Waals surface area contributed by atoms with Crippen molar-refractivity contribution in [3.05, 3.63) is 64.2 Å². The van der Waals surface area contributed by atoms with Crippen molar-refractivity contribution in [3.63, 3.8) is 0 Å². The van der Waals surface area contributed by atoms with Gasteiger partial charge in [-0.2, -0.15) is 0 Å². The third-order valence-corrected chi connectivity index (χ3v) is 3.32. The van der Waals surface area contributed by atoms with E-state index in [0.29, 0.717) is 22.7 Å². The number of halogens is 3. The first-order valence-corrected chi connectivity index (χ1v) is 6.83. The molecule has 0 bridgehead atoms. The highest BCUT2D eigenvalue weighted by atomic mass is 35.5. The molecule has 0 fully saturated rings. The van der Waals surface area contributed by atoms with Gasteiger partial charge in [0, 0.05) is 17.1 Å². The van der Waals surface area contributed by atoms with E-state index < -0.39 is 11.6 Å². The molecular weight excluding hydrogens is 296 g/mol. The van der Waals surface area contributed by atoms with Gasteiger partial charge < -0.3 is 5.32 Å². The first kappa shape index (κ1) is 15.4. The van der Waals surface area contributed by atoms with Gasteiger partial charge in [0.25, 0.3) is 0 Å². The van der Waals surface area contributed by atoms with Crippen molar-refractivity contribution in [1.82, 2.24) is 0 Å². The quantitative estimate of drug-likeness (QED) is 0.885. The first-order chi connectivity index (χ1) is 9.95. The third-order valence-electron chi connectivity index (χ3n) is 3.09. The SMILES string of the molecule is Cc1cc(Cl)ccc1NC(=O)CCc1ccc(F)c(F)c1. The number of aryl methyl sites for hydroxylation is 2. The van der Waals surface area contributed by atoms with Crippen molar-refractivity contribution in [2.75, 3.05) is 5.32 Å². The van der Waals surface area contributed by atoms with E-state index >= 15 is 0 Å². The number of rotatable bonds is 4. The Kier molecular flexibility index (Phi) is 4.91. The number of carbonyl (C=O) groups excluding carboxylic acids is 1. The Bertz CT molecular complexity index is 673. The molecule has 0 heterocycles. The molecule has 1 amide bonds. The lowest BCUT2D eigenvalue weighted by Gasteiger charge is -2.09. The second kappa shape index (κ2) is 6.68. The molecule has 2 aromatic rings. The lowest BCUT2D eigenvalue weighted by Crippen LogP contribution is -2.13. The molecule has 0 aliphatic rings. The zero-order valence-electron chi connectivity index (χ0n) is 11.4. The van der Waals surface area contributed by atoms with Crippen molar-refractivity contribution in [1.29, 1.82) is 0 Å². The summed E-state index contributed by atoms with van der Waals surface area (Å²) in [7, 11) is 0. The van der Waals surface area contributed by atoms with Crippen LogP contribution in [0.1, 0.15) is 17.5 Å². The molecule has 0 unspecified atom stereocenters. The molecule has 0 spiro atoms.